The summed E-state index contributed by atoms with van der Waals surface area (Å²) in [5, 5.41) is 3.27. The van der Waals surface area contributed by atoms with Crippen LogP contribution in [0.15, 0.2) is 0 Å². The van der Waals surface area contributed by atoms with Gasteiger partial charge in [-0.25, -0.2) is 0 Å². The van der Waals surface area contributed by atoms with E-state index in [4.69, 9.17) is 14.2 Å². The zero-order chi connectivity index (χ0) is 13.3. The van der Waals surface area contributed by atoms with Gasteiger partial charge in [0.05, 0.1) is 19.8 Å². The summed E-state index contributed by atoms with van der Waals surface area (Å²) in [4.78, 5) is 12.0. The van der Waals surface area contributed by atoms with Gasteiger partial charge in [0.25, 0.3) is 0 Å². The number of esters is 1. The van der Waals surface area contributed by atoms with Gasteiger partial charge < -0.3 is 19.5 Å². The highest BCUT2D eigenvalue weighted by Crippen LogP contribution is 2.24. The highest BCUT2D eigenvalue weighted by molar-refractivity contribution is 5.81. The fourth-order valence-corrected chi connectivity index (χ4v) is 2.13. The van der Waals surface area contributed by atoms with E-state index in [0.29, 0.717) is 26.4 Å². The number of hydrogen-bond acceptors (Lipinski definition) is 5. The zero-order valence-corrected chi connectivity index (χ0v) is 11.5. The molecule has 0 aliphatic carbocycles. The Bertz CT molecular complexity index is 239. The molecule has 0 aromatic carbocycles. The third kappa shape index (κ3) is 4.55. The summed E-state index contributed by atoms with van der Waals surface area (Å²) in [6, 6.07) is 0. The molecule has 5 nitrogen and oxygen atoms in total. The van der Waals surface area contributed by atoms with Crippen LogP contribution in [-0.4, -0.2) is 51.6 Å². The van der Waals surface area contributed by atoms with Crippen LogP contribution in [0.2, 0.25) is 0 Å². The number of carbonyl (C=O) groups excluding carboxylic acids is 1. The van der Waals surface area contributed by atoms with Crippen LogP contribution in [0.25, 0.3) is 0 Å². The van der Waals surface area contributed by atoms with Crippen LogP contribution in [0.1, 0.15) is 32.6 Å². The maximum atomic E-state index is 12.0. The van der Waals surface area contributed by atoms with Gasteiger partial charge in [-0.15, -0.1) is 0 Å². The predicted octanol–water partition coefficient (Wildman–Crippen LogP) is 1.11. The molecule has 0 aromatic rings. The summed E-state index contributed by atoms with van der Waals surface area (Å²) in [6.45, 7) is 5.14. The summed E-state index contributed by atoms with van der Waals surface area (Å²) in [5.41, 5.74) is -0.434. The quantitative estimate of drug-likeness (QED) is 0.496. The number of nitrogens with one attached hydrogen (secondary N) is 1. The van der Waals surface area contributed by atoms with Crippen molar-refractivity contribution in [1.29, 1.82) is 0 Å². The van der Waals surface area contributed by atoms with Crippen molar-refractivity contribution >= 4 is 5.97 Å². The first-order valence-electron chi connectivity index (χ1n) is 6.74. The van der Waals surface area contributed by atoms with Crippen molar-refractivity contribution in [1.82, 2.24) is 5.32 Å². The van der Waals surface area contributed by atoms with Crippen LogP contribution in [0, 0.1) is 0 Å². The van der Waals surface area contributed by atoms with E-state index in [0.717, 1.165) is 32.2 Å². The second kappa shape index (κ2) is 8.45. The van der Waals surface area contributed by atoms with Crippen LogP contribution in [0.3, 0.4) is 0 Å². The van der Waals surface area contributed by atoms with Crippen molar-refractivity contribution in [2.75, 3.05) is 40.1 Å². The van der Waals surface area contributed by atoms with Gasteiger partial charge in [0.2, 0.25) is 0 Å². The SMILES string of the molecule is CCC1(C(=O)OCCCOCCOC)CCCN1. The number of hydrogen-bond donors (Lipinski definition) is 1. The molecule has 1 N–H and O–H groups in total. The number of methoxy groups -OCH3 is 1. The van der Waals surface area contributed by atoms with E-state index in [1.165, 1.54) is 0 Å². The van der Waals surface area contributed by atoms with E-state index >= 15 is 0 Å². The van der Waals surface area contributed by atoms with Crippen molar-refractivity contribution in [3.05, 3.63) is 0 Å². The average Bonchev–Trinajstić information content (AvgIpc) is 2.87. The summed E-state index contributed by atoms with van der Waals surface area (Å²) >= 11 is 0. The van der Waals surface area contributed by atoms with E-state index in [-0.39, 0.29) is 5.97 Å². The van der Waals surface area contributed by atoms with Crippen LogP contribution in [-0.2, 0) is 19.0 Å². The lowest BCUT2D eigenvalue weighted by atomic mass is 9.94. The molecule has 0 radical (unpaired) electrons. The maximum absolute atomic E-state index is 12.0. The van der Waals surface area contributed by atoms with E-state index in [1.807, 2.05) is 6.92 Å². The van der Waals surface area contributed by atoms with Gasteiger partial charge in [0, 0.05) is 20.1 Å². The molecule has 0 aromatic heterocycles. The fraction of sp³-hybridized carbons (Fsp3) is 0.923. The molecule has 1 aliphatic heterocycles. The molecule has 1 atom stereocenters. The third-order valence-corrected chi connectivity index (χ3v) is 3.34. The van der Waals surface area contributed by atoms with Gasteiger partial charge in [-0.1, -0.05) is 6.92 Å². The summed E-state index contributed by atoms with van der Waals surface area (Å²) in [6.07, 6.45) is 3.45. The van der Waals surface area contributed by atoms with Crippen LogP contribution < -0.4 is 5.32 Å². The topological polar surface area (TPSA) is 56.8 Å². The molecule has 1 heterocycles. The Hall–Kier alpha value is -0.650. The van der Waals surface area contributed by atoms with Gasteiger partial charge in [-0.3, -0.25) is 4.79 Å². The van der Waals surface area contributed by atoms with Gasteiger partial charge in [0.15, 0.2) is 0 Å². The molecule has 106 valence electrons. The average molecular weight is 259 g/mol. The van der Waals surface area contributed by atoms with Crippen LogP contribution in [0.5, 0.6) is 0 Å². The highest BCUT2D eigenvalue weighted by atomic mass is 16.5. The van der Waals surface area contributed by atoms with Crippen LogP contribution >= 0.6 is 0 Å². The molecule has 18 heavy (non-hydrogen) atoms. The molecule has 5 heteroatoms. The Morgan fingerprint density at radius 3 is 2.72 bits per heavy atom. The van der Waals surface area contributed by atoms with Gasteiger partial charge in [0.1, 0.15) is 5.54 Å². The second-order valence-electron chi connectivity index (χ2n) is 4.56. The monoisotopic (exact) mass is 259 g/mol. The van der Waals surface area contributed by atoms with Crippen molar-refractivity contribution in [2.45, 2.75) is 38.1 Å². The van der Waals surface area contributed by atoms with Crippen molar-refractivity contribution in [2.24, 2.45) is 0 Å². The van der Waals surface area contributed by atoms with E-state index in [9.17, 15) is 4.79 Å². The number of ether oxygens (including phenoxy) is 3. The molecule has 0 spiro atoms. The molecule has 0 saturated carbocycles. The summed E-state index contributed by atoms with van der Waals surface area (Å²) in [7, 11) is 1.64. The Kier molecular flexibility index (Phi) is 7.23. The minimum absolute atomic E-state index is 0.112. The van der Waals surface area contributed by atoms with Crippen molar-refractivity contribution in [3.63, 3.8) is 0 Å². The lowest BCUT2D eigenvalue weighted by molar-refractivity contribution is -0.151. The van der Waals surface area contributed by atoms with Gasteiger partial charge in [-0.2, -0.15) is 0 Å². The first-order valence-corrected chi connectivity index (χ1v) is 6.74. The normalized spacial score (nSPS) is 23.2. The first kappa shape index (κ1) is 15.4. The fourth-order valence-electron chi connectivity index (χ4n) is 2.13. The lowest BCUT2D eigenvalue weighted by Gasteiger charge is -2.25. The zero-order valence-electron chi connectivity index (χ0n) is 11.5. The Morgan fingerprint density at radius 1 is 1.28 bits per heavy atom. The predicted molar refractivity (Wildman–Crippen MR) is 68.5 cm³/mol. The molecular weight excluding hydrogens is 234 g/mol. The smallest absolute Gasteiger partial charge is 0.326 e. The first-order chi connectivity index (χ1) is 8.75. The van der Waals surface area contributed by atoms with Crippen LogP contribution in [0.4, 0.5) is 0 Å². The van der Waals surface area contributed by atoms with E-state index in [2.05, 4.69) is 5.32 Å². The summed E-state index contributed by atoms with van der Waals surface area (Å²) in [5.74, 6) is -0.112. The third-order valence-electron chi connectivity index (χ3n) is 3.34. The van der Waals surface area contributed by atoms with Gasteiger partial charge in [-0.05, 0) is 25.8 Å². The van der Waals surface area contributed by atoms with Crippen molar-refractivity contribution < 1.29 is 19.0 Å². The molecule has 1 aliphatic rings. The lowest BCUT2D eigenvalue weighted by Crippen LogP contribution is -2.48. The number of rotatable bonds is 9. The molecule has 1 rings (SSSR count). The maximum Gasteiger partial charge on any atom is 0.326 e. The Balaban J connectivity index is 2.09. The summed E-state index contributed by atoms with van der Waals surface area (Å²) < 4.78 is 15.5. The Labute approximate surface area is 109 Å². The molecule has 0 bridgehead atoms. The minimum atomic E-state index is -0.434. The van der Waals surface area contributed by atoms with Gasteiger partial charge >= 0.3 is 5.97 Å². The molecular formula is C13H25NO4. The molecule has 1 saturated heterocycles. The highest BCUT2D eigenvalue weighted by Gasteiger charge is 2.40. The Morgan fingerprint density at radius 2 is 2.11 bits per heavy atom. The standard InChI is InChI=1S/C13H25NO4/c1-3-13(6-4-7-14-13)12(15)18-9-5-8-17-11-10-16-2/h14H,3-11H2,1-2H3. The molecule has 0 amide bonds. The molecule has 1 fully saturated rings. The van der Waals surface area contributed by atoms with E-state index < -0.39 is 5.54 Å². The largest absolute Gasteiger partial charge is 0.464 e. The van der Waals surface area contributed by atoms with Crippen molar-refractivity contribution in [3.8, 4) is 0 Å². The molecule has 1 unspecified atom stereocenters. The second-order valence-corrected chi connectivity index (χ2v) is 4.56. The van der Waals surface area contributed by atoms with E-state index in [1.54, 1.807) is 7.11 Å². The minimum Gasteiger partial charge on any atom is -0.464 e. The number of carbonyl (C=O) groups is 1.